The maximum Gasteiger partial charge on any atom is 0.346 e. The molecular weight excluding hydrogens is 322 g/mol. The Morgan fingerprint density at radius 2 is 1.88 bits per heavy atom. The van der Waals surface area contributed by atoms with Gasteiger partial charge < -0.3 is 15.2 Å². The summed E-state index contributed by atoms with van der Waals surface area (Å²) in [4.78, 5) is 24.9. The number of nitrogens with one attached hydrogen (secondary N) is 1. The molecule has 1 fully saturated rings. The Bertz CT molecular complexity index is 851. The average molecular weight is 339 g/mol. The van der Waals surface area contributed by atoms with E-state index in [0.717, 1.165) is 5.01 Å². The van der Waals surface area contributed by atoms with Crippen molar-refractivity contribution in [3.8, 4) is 11.5 Å². The van der Waals surface area contributed by atoms with Gasteiger partial charge in [0.05, 0.1) is 13.3 Å². The second-order valence-corrected chi connectivity index (χ2v) is 5.68. The van der Waals surface area contributed by atoms with Crippen LogP contribution < -0.4 is 10.1 Å². The van der Waals surface area contributed by atoms with Gasteiger partial charge in [-0.2, -0.15) is 5.10 Å². The summed E-state index contributed by atoms with van der Waals surface area (Å²) < 4.78 is 5.02. The first-order valence-electron chi connectivity index (χ1n) is 7.59. The Kier molecular flexibility index (Phi) is 4.14. The van der Waals surface area contributed by atoms with Crippen LogP contribution in [0.2, 0.25) is 0 Å². The van der Waals surface area contributed by atoms with E-state index in [1.54, 1.807) is 49.4 Å². The van der Waals surface area contributed by atoms with Gasteiger partial charge in [-0.25, -0.2) is 4.79 Å². The normalized spacial score (nSPS) is 20.2. The topological polar surface area (TPSA) is 91.2 Å². The number of urea groups is 1. The number of carbonyl (C=O) groups excluding carboxylic acids is 2. The van der Waals surface area contributed by atoms with Gasteiger partial charge in [-0.15, -0.1) is 5.01 Å². The molecule has 25 heavy (non-hydrogen) atoms. The number of ether oxygens (including phenoxy) is 1. The minimum absolute atomic E-state index is 0.119. The van der Waals surface area contributed by atoms with Crippen molar-refractivity contribution < 1.29 is 19.4 Å². The van der Waals surface area contributed by atoms with Crippen molar-refractivity contribution in [2.45, 2.75) is 12.5 Å². The third kappa shape index (κ3) is 2.80. The largest absolute Gasteiger partial charge is 0.504 e. The first-order valence-corrected chi connectivity index (χ1v) is 7.59. The third-order valence-electron chi connectivity index (χ3n) is 4.08. The van der Waals surface area contributed by atoms with Gasteiger partial charge in [-0.05, 0) is 24.6 Å². The number of para-hydroxylation sites is 1. The Hall–Kier alpha value is -3.35. The molecule has 2 aromatic carbocycles. The van der Waals surface area contributed by atoms with E-state index in [-0.39, 0.29) is 11.5 Å². The van der Waals surface area contributed by atoms with Crippen molar-refractivity contribution >= 4 is 18.2 Å². The van der Waals surface area contributed by atoms with E-state index >= 15 is 0 Å². The molecule has 0 saturated carbocycles. The van der Waals surface area contributed by atoms with E-state index < -0.39 is 17.5 Å². The van der Waals surface area contributed by atoms with Crippen LogP contribution in [-0.2, 0) is 10.3 Å². The summed E-state index contributed by atoms with van der Waals surface area (Å²) in [6.07, 6.45) is 1.24. The number of carbonyl (C=O) groups is 2. The highest BCUT2D eigenvalue weighted by Crippen LogP contribution is 2.30. The van der Waals surface area contributed by atoms with Crippen LogP contribution in [-0.4, -0.2) is 35.4 Å². The average Bonchev–Trinajstić information content (AvgIpc) is 2.85. The number of nitrogens with zero attached hydrogens (tertiary/aromatic N) is 2. The zero-order valence-electron chi connectivity index (χ0n) is 13.8. The predicted octanol–water partition coefficient (Wildman–Crippen LogP) is 2.20. The van der Waals surface area contributed by atoms with E-state index in [1.165, 1.54) is 13.3 Å². The summed E-state index contributed by atoms with van der Waals surface area (Å²) in [5.74, 6) is -0.343. The molecule has 3 rings (SSSR count). The van der Waals surface area contributed by atoms with E-state index in [9.17, 15) is 14.7 Å². The molecule has 1 saturated heterocycles. The second kappa shape index (κ2) is 6.27. The molecule has 0 radical (unpaired) electrons. The summed E-state index contributed by atoms with van der Waals surface area (Å²) in [6, 6.07) is 13.2. The molecule has 0 aliphatic carbocycles. The lowest BCUT2D eigenvalue weighted by Gasteiger charge is -2.20. The summed E-state index contributed by atoms with van der Waals surface area (Å²) in [5.41, 5.74) is -0.199. The number of hydrogen-bond acceptors (Lipinski definition) is 5. The molecule has 1 aliphatic heterocycles. The number of benzene rings is 2. The van der Waals surface area contributed by atoms with Crippen LogP contribution in [0.1, 0.15) is 18.1 Å². The zero-order valence-corrected chi connectivity index (χ0v) is 13.8. The molecule has 3 amide bonds. The number of amides is 3. The number of aromatic hydroxyl groups is 1. The Morgan fingerprint density at radius 3 is 2.56 bits per heavy atom. The van der Waals surface area contributed by atoms with E-state index in [0.29, 0.717) is 11.1 Å². The SMILES string of the molecule is COc1cccc(/C=N/N2C(=O)N[C@@](C)(c3ccccc3)C2=O)c1O. The van der Waals surface area contributed by atoms with E-state index in [1.807, 2.05) is 6.07 Å². The van der Waals surface area contributed by atoms with Gasteiger partial charge in [-0.1, -0.05) is 36.4 Å². The lowest BCUT2D eigenvalue weighted by Crippen LogP contribution is -2.40. The maximum absolute atomic E-state index is 12.7. The minimum atomic E-state index is -1.19. The van der Waals surface area contributed by atoms with Crippen molar-refractivity contribution in [3.63, 3.8) is 0 Å². The van der Waals surface area contributed by atoms with Crippen LogP contribution in [0.4, 0.5) is 4.79 Å². The number of imide groups is 1. The van der Waals surface area contributed by atoms with Crippen molar-refractivity contribution in [3.05, 3.63) is 59.7 Å². The predicted molar refractivity (Wildman–Crippen MR) is 91.4 cm³/mol. The number of phenols is 1. The molecule has 128 valence electrons. The number of hydrogen-bond donors (Lipinski definition) is 2. The molecule has 1 heterocycles. The molecule has 0 aromatic heterocycles. The maximum atomic E-state index is 12.7. The third-order valence-corrected chi connectivity index (χ3v) is 4.08. The molecular formula is C18H17N3O4. The lowest BCUT2D eigenvalue weighted by atomic mass is 9.92. The molecule has 0 bridgehead atoms. The first-order chi connectivity index (χ1) is 12.0. The fraction of sp³-hybridized carbons (Fsp3) is 0.167. The van der Waals surface area contributed by atoms with Crippen molar-refractivity contribution in [1.82, 2.24) is 10.3 Å². The Morgan fingerprint density at radius 1 is 1.16 bits per heavy atom. The van der Waals surface area contributed by atoms with Crippen LogP contribution >= 0.6 is 0 Å². The number of phenolic OH excluding ortho intramolecular Hbond substituents is 1. The molecule has 2 aromatic rings. The minimum Gasteiger partial charge on any atom is -0.504 e. The Labute approximate surface area is 144 Å². The monoisotopic (exact) mass is 339 g/mol. The fourth-order valence-electron chi connectivity index (χ4n) is 2.62. The van der Waals surface area contributed by atoms with Crippen LogP contribution in [0, 0.1) is 0 Å². The van der Waals surface area contributed by atoms with Crippen LogP contribution in [0.15, 0.2) is 53.6 Å². The molecule has 0 spiro atoms. The summed E-state index contributed by atoms with van der Waals surface area (Å²) >= 11 is 0. The molecule has 7 nitrogen and oxygen atoms in total. The van der Waals surface area contributed by atoms with Crippen LogP contribution in [0.5, 0.6) is 11.5 Å². The lowest BCUT2D eigenvalue weighted by molar-refractivity contribution is -0.131. The smallest absolute Gasteiger partial charge is 0.346 e. The van der Waals surface area contributed by atoms with Gasteiger partial charge in [0, 0.05) is 5.56 Å². The first kappa shape index (κ1) is 16.5. The molecule has 2 N–H and O–H groups in total. The van der Waals surface area contributed by atoms with Gasteiger partial charge >= 0.3 is 6.03 Å². The summed E-state index contributed by atoms with van der Waals surface area (Å²) in [5, 5.41) is 17.4. The van der Waals surface area contributed by atoms with Gasteiger partial charge in [0.25, 0.3) is 5.91 Å². The highest BCUT2D eigenvalue weighted by Gasteiger charge is 2.49. The zero-order chi connectivity index (χ0) is 18.0. The van der Waals surface area contributed by atoms with E-state index in [4.69, 9.17) is 4.74 Å². The van der Waals surface area contributed by atoms with Gasteiger partial charge in [0.15, 0.2) is 11.5 Å². The molecule has 1 atom stereocenters. The fourth-order valence-corrected chi connectivity index (χ4v) is 2.62. The van der Waals surface area contributed by atoms with E-state index in [2.05, 4.69) is 10.4 Å². The van der Waals surface area contributed by atoms with Crippen LogP contribution in [0.25, 0.3) is 0 Å². The number of hydrazone groups is 1. The summed E-state index contributed by atoms with van der Waals surface area (Å²) in [7, 11) is 1.43. The highest BCUT2D eigenvalue weighted by molar-refractivity contribution is 6.07. The van der Waals surface area contributed by atoms with Gasteiger partial charge in [0.1, 0.15) is 5.54 Å². The van der Waals surface area contributed by atoms with Gasteiger partial charge in [0.2, 0.25) is 0 Å². The standard InChI is InChI=1S/C18H17N3O4/c1-18(13-8-4-3-5-9-13)16(23)21(17(24)20-18)19-11-12-7-6-10-14(25-2)15(12)22/h3-11,22H,1-2H3,(H,20,24)/b19-11+/t18-/m0/s1. The highest BCUT2D eigenvalue weighted by atomic mass is 16.5. The van der Waals surface area contributed by atoms with Crippen molar-refractivity contribution in [1.29, 1.82) is 0 Å². The quantitative estimate of drug-likeness (QED) is 0.660. The molecule has 7 heteroatoms. The molecule has 1 aliphatic rings. The number of methoxy groups -OCH3 is 1. The molecule has 0 unspecified atom stereocenters. The Balaban J connectivity index is 1.89. The summed E-state index contributed by atoms with van der Waals surface area (Å²) in [6.45, 7) is 1.63. The van der Waals surface area contributed by atoms with Crippen molar-refractivity contribution in [2.24, 2.45) is 5.10 Å². The second-order valence-electron chi connectivity index (χ2n) is 5.68. The van der Waals surface area contributed by atoms with Crippen LogP contribution in [0.3, 0.4) is 0 Å². The number of rotatable bonds is 4. The van der Waals surface area contributed by atoms with Crippen molar-refractivity contribution in [2.75, 3.05) is 7.11 Å². The van der Waals surface area contributed by atoms with Gasteiger partial charge in [-0.3, -0.25) is 4.79 Å².